The van der Waals surface area contributed by atoms with E-state index in [0.29, 0.717) is 19.4 Å². The van der Waals surface area contributed by atoms with Crippen molar-refractivity contribution in [2.45, 2.75) is 326 Å². The van der Waals surface area contributed by atoms with E-state index in [-0.39, 0.29) is 18.5 Å². The second kappa shape index (κ2) is 53.6. The fourth-order valence-corrected chi connectivity index (χ4v) is 9.62. The van der Waals surface area contributed by atoms with Crippen LogP contribution in [-0.4, -0.2) is 100 Å². The number of carbonyl (C=O) groups excluding carboxylic acids is 2. The van der Waals surface area contributed by atoms with Crippen LogP contribution in [-0.2, 0) is 23.8 Å². The summed E-state index contributed by atoms with van der Waals surface area (Å²) in [5, 5.41) is 54.4. The highest BCUT2D eigenvalue weighted by Gasteiger charge is 2.44. The van der Waals surface area contributed by atoms with E-state index in [0.717, 1.165) is 83.5 Å². The summed E-state index contributed by atoms with van der Waals surface area (Å²) in [4.78, 5) is 25.0. The number of aliphatic hydroxyl groups is 5. The molecule has 0 saturated carbocycles. The lowest BCUT2D eigenvalue weighted by molar-refractivity contribution is -0.302. The van der Waals surface area contributed by atoms with Crippen LogP contribution in [0.1, 0.15) is 284 Å². The van der Waals surface area contributed by atoms with Crippen LogP contribution in [0, 0.1) is 0 Å². The van der Waals surface area contributed by atoms with Crippen molar-refractivity contribution in [2.24, 2.45) is 0 Å². The first-order valence-electron chi connectivity index (χ1n) is 31.4. The van der Waals surface area contributed by atoms with E-state index < -0.39 is 49.5 Å². The third-order valence-corrected chi connectivity index (χ3v) is 14.7. The molecule has 1 aliphatic rings. The molecule has 1 saturated heterocycles. The predicted octanol–water partition coefficient (Wildman–Crippen LogP) is 14.8. The second-order valence-corrected chi connectivity index (χ2v) is 21.8. The zero-order valence-corrected chi connectivity index (χ0v) is 48.3. The summed E-state index contributed by atoms with van der Waals surface area (Å²) in [7, 11) is 0. The SMILES string of the molecule is CCCC/C=C\CCCCCCCC(=O)OCCCCCCCCCCC/C=C\C/C=C\CCCCCCCCCC(=O)NC(COC1OC(CO)C(O)C(O)C1O)C(O)/C=C/CCCCCCCCCCCCC. The number of hydrogen-bond donors (Lipinski definition) is 6. The Morgan fingerprint density at radius 2 is 0.907 bits per heavy atom. The molecule has 0 radical (unpaired) electrons. The molecule has 0 aromatic carbocycles. The molecule has 438 valence electrons. The van der Waals surface area contributed by atoms with Crippen molar-refractivity contribution in [3.05, 3.63) is 48.6 Å². The first-order chi connectivity index (χ1) is 36.7. The summed E-state index contributed by atoms with van der Waals surface area (Å²) in [5.74, 6) is -0.208. The number of carbonyl (C=O) groups is 2. The maximum absolute atomic E-state index is 13.0. The largest absolute Gasteiger partial charge is 0.466 e. The monoisotopic (exact) mass is 1060 g/mol. The van der Waals surface area contributed by atoms with Gasteiger partial charge in [-0.05, 0) is 83.5 Å². The van der Waals surface area contributed by atoms with Gasteiger partial charge in [-0.3, -0.25) is 9.59 Å². The first kappa shape index (κ1) is 70.6. The summed E-state index contributed by atoms with van der Waals surface area (Å²) in [6.45, 7) is 4.29. The minimum Gasteiger partial charge on any atom is -0.466 e. The van der Waals surface area contributed by atoms with E-state index >= 15 is 0 Å². The Morgan fingerprint density at radius 1 is 0.493 bits per heavy atom. The Bertz CT molecular complexity index is 1390. The van der Waals surface area contributed by atoms with Crippen LogP contribution >= 0.6 is 0 Å². The Morgan fingerprint density at radius 3 is 1.40 bits per heavy atom. The van der Waals surface area contributed by atoms with E-state index in [2.05, 4.69) is 55.6 Å². The van der Waals surface area contributed by atoms with Gasteiger partial charge in [-0.1, -0.05) is 236 Å². The van der Waals surface area contributed by atoms with Crippen LogP contribution in [0.2, 0.25) is 0 Å². The first-order valence-corrected chi connectivity index (χ1v) is 31.4. The number of unbranched alkanes of at least 4 members (excludes halogenated alkanes) is 34. The third kappa shape index (κ3) is 43.2. The summed E-state index contributed by atoms with van der Waals surface area (Å²) >= 11 is 0. The van der Waals surface area contributed by atoms with Crippen molar-refractivity contribution in [1.82, 2.24) is 5.32 Å². The maximum Gasteiger partial charge on any atom is 0.305 e. The van der Waals surface area contributed by atoms with Crippen LogP contribution in [0.4, 0.5) is 0 Å². The molecule has 0 spiro atoms. The van der Waals surface area contributed by atoms with Crippen molar-refractivity contribution >= 4 is 11.9 Å². The van der Waals surface area contributed by atoms with Gasteiger partial charge in [0.2, 0.25) is 5.91 Å². The highest BCUT2D eigenvalue weighted by Crippen LogP contribution is 2.23. The molecule has 1 rings (SSSR count). The molecule has 0 aromatic rings. The molecule has 11 heteroatoms. The zero-order valence-electron chi connectivity index (χ0n) is 48.3. The summed E-state index contributed by atoms with van der Waals surface area (Å²) in [6, 6.07) is -0.818. The van der Waals surface area contributed by atoms with Gasteiger partial charge in [0, 0.05) is 12.8 Å². The number of hydrogen-bond acceptors (Lipinski definition) is 10. The molecule has 1 fully saturated rings. The third-order valence-electron chi connectivity index (χ3n) is 14.7. The number of ether oxygens (including phenoxy) is 3. The van der Waals surface area contributed by atoms with Crippen molar-refractivity contribution < 1.29 is 49.3 Å². The molecule has 11 nitrogen and oxygen atoms in total. The van der Waals surface area contributed by atoms with Crippen molar-refractivity contribution in [1.29, 1.82) is 0 Å². The highest BCUT2D eigenvalue weighted by atomic mass is 16.7. The molecule has 75 heavy (non-hydrogen) atoms. The molecule has 6 N–H and O–H groups in total. The lowest BCUT2D eigenvalue weighted by Crippen LogP contribution is -2.60. The lowest BCUT2D eigenvalue weighted by atomic mass is 9.99. The second-order valence-electron chi connectivity index (χ2n) is 21.8. The molecule has 0 bridgehead atoms. The van der Waals surface area contributed by atoms with Gasteiger partial charge in [0.05, 0.1) is 32.0 Å². The normalized spacial score (nSPS) is 19.1. The standard InChI is InChI=1S/C64H117NO10/c1-3-5-7-9-11-13-15-27-31-34-38-42-46-50-57(67)56(55-74-64-63(72)62(71)61(70)58(54-66)75-64)65-59(68)51-47-43-39-35-32-28-25-23-21-19-17-16-18-20-22-24-26-29-33-37-41-45-49-53-73-60(69)52-48-44-40-36-30-14-12-10-8-6-4-2/h10,12,16,18-19,21,46,50,56-58,61-64,66-67,70-72H,3-9,11,13-15,17,20,22-45,47-49,51-55H2,1-2H3,(H,65,68)/b12-10-,18-16-,21-19-,50-46+. The summed E-state index contributed by atoms with van der Waals surface area (Å²) < 4.78 is 16.7. The average Bonchev–Trinajstić information content (AvgIpc) is 3.41. The molecule has 1 aliphatic heterocycles. The quantitative estimate of drug-likeness (QED) is 0.0195. The molecule has 1 amide bonds. The Balaban J connectivity index is 2.08. The van der Waals surface area contributed by atoms with Crippen LogP contribution in [0.25, 0.3) is 0 Å². The smallest absolute Gasteiger partial charge is 0.305 e. The number of esters is 1. The minimum atomic E-state index is -1.57. The van der Waals surface area contributed by atoms with Crippen molar-refractivity contribution in [3.8, 4) is 0 Å². The number of amides is 1. The van der Waals surface area contributed by atoms with Crippen molar-refractivity contribution in [3.63, 3.8) is 0 Å². The van der Waals surface area contributed by atoms with Gasteiger partial charge in [0.15, 0.2) is 6.29 Å². The molecule has 0 aliphatic carbocycles. The minimum absolute atomic E-state index is 0.0162. The molecule has 1 heterocycles. The van der Waals surface area contributed by atoms with E-state index in [1.807, 2.05) is 6.08 Å². The van der Waals surface area contributed by atoms with Crippen LogP contribution in [0.5, 0.6) is 0 Å². The van der Waals surface area contributed by atoms with Crippen LogP contribution < -0.4 is 5.32 Å². The number of rotatable bonds is 54. The van der Waals surface area contributed by atoms with Crippen molar-refractivity contribution in [2.75, 3.05) is 19.8 Å². The predicted molar refractivity (Wildman–Crippen MR) is 310 cm³/mol. The zero-order chi connectivity index (χ0) is 54.5. The number of allylic oxidation sites excluding steroid dienone is 7. The Kier molecular flexibility index (Phi) is 50.5. The fourth-order valence-electron chi connectivity index (χ4n) is 9.62. The van der Waals surface area contributed by atoms with Gasteiger partial charge < -0.3 is 45.1 Å². The highest BCUT2D eigenvalue weighted by molar-refractivity contribution is 5.76. The summed E-state index contributed by atoms with van der Waals surface area (Å²) in [5.41, 5.74) is 0. The maximum atomic E-state index is 13.0. The van der Waals surface area contributed by atoms with E-state index in [1.165, 1.54) is 173 Å². The average molecular weight is 1060 g/mol. The Labute approximate surface area is 459 Å². The van der Waals surface area contributed by atoms with Gasteiger partial charge in [0.1, 0.15) is 24.4 Å². The molecular weight excluding hydrogens is 943 g/mol. The van der Waals surface area contributed by atoms with E-state index in [9.17, 15) is 35.1 Å². The van der Waals surface area contributed by atoms with E-state index in [1.54, 1.807) is 6.08 Å². The van der Waals surface area contributed by atoms with Crippen LogP contribution in [0.3, 0.4) is 0 Å². The Hall–Kier alpha value is -2.38. The van der Waals surface area contributed by atoms with Gasteiger partial charge in [-0.15, -0.1) is 0 Å². The van der Waals surface area contributed by atoms with Crippen LogP contribution in [0.15, 0.2) is 48.6 Å². The van der Waals surface area contributed by atoms with Gasteiger partial charge in [-0.2, -0.15) is 0 Å². The topological polar surface area (TPSA) is 175 Å². The lowest BCUT2D eigenvalue weighted by Gasteiger charge is -2.40. The summed E-state index contributed by atoms with van der Waals surface area (Å²) in [6.07, 6.45) is 57.7. The van der Waals surface area contributed by atoms with E-state index in [4.69, 9.17) is 14.2 Å². The van der Waals surface area contributed by atoms with Gasteiger partial charge >= 0.3 is 5.97 Å². The number of aliphatic hydroxyl groups excluding tert-OH is 5. The number of nitrogens with one attached hydrogen (secondary N) is 1. The van der Waals surface area contributed by atoms with Gasteiger partial charge in [-0.25, -0.2) is 0 Å². The molecule has 7 unspecified atom stereocenters. The molecule has 0 aromatic heterocycles. The fraction of sp³-hybridized carbons (Fsp3) is 0.844. The van der Waals surface area contributed by atoms with Gasteiger partial charge in [0.25, 0.3) is 0 Å². The molecular formula is C64H117NO10. The molecule has 7 atom stereocenters.